The first kappa shape index (κ1) is 20.5. The summed E-state index contributed by atoms with van der Waals surface area (Å²) in [6.45, 7) is 2.16. The molecule has 1 aliphatic heterocycles. The van der Waals surface area contributed by atoms with Gasteiger partial charge < -0.3 is 10.6 Å². The Bertz CT molecular complexity index is 1270. The second-order valence-electron chi connectivity index (χ2n) is 8.85. The van der Waals surface area contributed by atoms with Crippen molar-refractivity contribution in [1.82, 2.24) is 29.6 Å². The van der Waals surface area contributed by atoms with E-state index in [-0.39, 0.29) is 0 Å². The summed E-state index contributed by atoms with van der Waals surface area (Å²) in [5.41, 5.74) is 12.5. The largest absolute Gasteiger partial charge is 0.382 e. The second kappa shape index (κ2) is 8.70. The van der Waals surface area contributed by atoms with E-state index in [9.17, 15) is 0 Å². The monoisotopic (exact) mass is 460 g/mol. The van der Waals surface area contributed by atoms with E-state index < -0.39 is 0 Å². The van der Waals surface area contributed by atoms with Gasteiger partial charge in [-0.05, 0) is 31.0 Å². The Hall–Kier alpha value is -3.07. The smallest absolute Gasteiger partial charge is 0.152 e. The number of rotatable bonds is 4. The van der Waals surface area contributed by atoms with Crippen molar-refractivity contribution in [1.29, 1.82) is 0 Å². The molecule has 1 aliphatic carbocycles. The molecule has 0 radical (unpaired) electrons. The Morgan fingerprint density at radius 3 is 2.70 bits per heavy atom. The van der Waals surface area contributed by atoms with E-state index in [2.05, 4.69) is 60.3 Å². The summed E-state index contributed by atoms with van der Waals surface area (Å²) in [6, 6.07) is 11.3. The first-order chi connectivity index (χ1) is 16.3. The van der Waals surface area contributed by atoms with Crippen LogP contribution in [0.25, 0.3) is 28.0 Å². The molecule has 6 rings (SSSR count). The van der Waals surface area contributed by atoms with Gasteiger partial charge in [-0.15, -0.1) is 5.10 Å². The highest BCUT2D eigenvalue weighted by molar-refractivity contribution is 7.99. The lowest BCUT2D eigenvalue weighted by Gasteiger charge is -2.28. The molecule has 2 fully saturated rings. The van der Waals surface area contributed by atoms with Gasteiger partial charge in [0, 0.05) is 41.4 Å². The maximum absolute atomic E-state index is 6.40. The molecule has 0 atom stereocenters. The van der Waals surface area contributed by atoms with E-state index >= 15 is 0 Å². The molecule has 0 spiro atoms. The Morgan fingerprint density at radius 2 is 1.85 bits per heavy atom. The first-order valence-electron chi connectivity index (χ1n) is 11.8. The van der Waals surface area contributed by atoms with Gasteiger partial charge in [0.25, 0.3) is 0 Å². The van der Waals surface area contributed by atoms with Crippen molar-refractivity contribution < 1.29 is 0 Å². The molecule has 2 N–H and O–H groups in total. The zero-order valence-corrected chi connectivity index (χ0v) is 19.4. The van der Waals surface area contributed by atoms with Crippen LogP contribution in [-0.4, -0.2) is 54.2 Å². The highest BCUT2D eigenvalue weighted by atomic mass is 32.2. The molecule has 1 saturated carbocycles. The number of hydrogen-bond acceptors (Lipinski definition) is 7. The van der Waals surface area contributed by atoms with E-state index in [0.717, 1.165) is 54.0 Å². The van der Waals surface area contributed by atoms with E-state index in [1.807, 2.05) is 22.5 Å². The van der Waals surface area contributed by atoms with Crippen molar-refractivity contribution in [2.45, 2.75) is 38.1 Å². The van der Waals surface area contributed by atoms with Crippen molar-refractivity contribution in [2.75, 3.05) is 35.2 Å². The molecule has 2 aliphatic rings. The molecule has 0 bridgehead atoms. The summed E-state index contributed by atoms with van der Waals surface area (Å²) in [7, 11) is 0. The van der Waals surface area contributed by atoms with Crippen molar-refractivity contribution >= 4 is 28.8 Å². The summed E-state index contributed by atoms with van der Waals surface area (Å²) in [5, 5.41) is 13.3. The maximum Gasteiger partial charge on any atom is 0.152 e. The van der Waals surface area contributed by atoms with Crippen LogP contribution in [-0.2, 0) is 0 Å². The van der Waals surface area contributed by atoms with Gasteiger partial charge in [-0.25, -0.2) is 14.2 Å². The minimum absolute atomic E-state index is 0.376. The summed E-state index contributed by atoms with van der Waals surface area (Å²) in [5.74, 6) is 2.81. The van der Waals surface area contributed by atoms with Crippen molar-refractivity contribution in [3.63, 3.8) is 0 Å². The minimum Gasteiger partial charge on any atom is -0.382 e. The number of thioether (sulfide) groups is 1. The number of nitrogens with two attached hydrogens (primary N) is 1. The summed E-state index contributed by atoms with van der Waals surface area (Å²) in [4.78, 5) is 6.76. The molecule has 4 aromatic rings. The predicted octanol–water partition coefficient (Wildman–Crippen LogP) is 4.30. The fourth-order valence-electron chi connectivity index (χ4n) is 5.18. The van der Waals surface area contributed by atoms with Gasteiger partial charge in [-0.1, -0.05) is 36.6 Å². The van der Waals surface area contributed by atoms with E-state index in [1.165, 1.54) is 42.8 Å². The molecule has 1 saturated heterocycles. The average molecular weight is 461 g/mol. The van der Waals surface area contributed by atoms with Gasteiger partial charge in [0.15, 0.2) is 5.82 Å². The predicted molar refractivity (Wildman–Crippen MR) is 134 cm³/mol. The number of benzene rings is 1. The zero-order valence-electron chi connectivity index (χ0n) is 18.6. The normalized spacial score (nSPS) is 17.6. The maximum atomic E-state index is 6.40. The van der Waals surface area contributed by atoms with Crippen LogP contribution in [0.5, 0.6) is 0 Å². The fourth-order valence-corrected chi connectivity index (χ4v) is 6.09. The van der Waals surface area contributed by atoms with Crippen molar-refractivity contribution in [3.8, 4) is 22.5 Å². The molecule has 0 unspecified atom stereocenters. The molecule has 3 aromatic heterocycles. The van der Waals surface area contributed by atoms with Gasteiger partial charge >= 0.3 is 0 Å². The van der Waals surface area contributed by atoms with Crippen LogP contribution < -0.4 is 10.6 Å². The highest BCUT2D eigenvalue weighted by Crippen LogP contribution is 2.38. The fraction of sp³-hybridized carbons (Fsp3) is 0.417. The van der Waals surface area contributed by atoms with Crippen LogP contribution in [0.1, 0.15) is 38.1 Å². The third kappa shape index (κ3) is 3.74. The first-order valence-corrected chi connectivity index (χ1v) is 12.9. The molecular formula is C24H28N8S. The third-order valence-electron chi connectivity index (χ3n) is 6.87. The number of fused-ring (bicyclic) bond motifs is 1. The summed E-state index contributed by atoms with van der Waals surface area (Å²) >= 11 is 2.02. The van der Waals surface area contributed by atoms with E-state index in [1.54, 1.807) is 0 Å². The zero-order chi connectivity index (χ0) is 22.2. The van der Waals surface area contributed by atoms with Crippen LogP contribution in [0.15, 0.2) is 42.9 Å². The Balaban J connectivity index is 1.47. The average Bonchev–Trinajstić information content (AvgIpc) is 3.51. The van der Waals surface area contributed by atoms with Crippen LogP contribution in [0.2, 0.25) is 0 Å². The number of aromatic nitrogens is 6. The topological polar surface area (TPSA) is 90.2 Å². The quantitative estimate of drug-likeness (QED) is 0.486. The van der Waals surface area contributed by atoms with Crippen molar-refractivity contribution in [3.05, 3.63) is 42.9 Å². The minimum atomic E-state index is 0.376. The van der Waals surface area contributed by atoms with Gasteiger partial charge in [-0.3, -0.25) is 0 Å². The van der Waals surface area contributed by atoms with Crippen LogP contribution in [0, 0.1) is 0 Å². The summed E-state index contributed by atoms with van der Waals surface area (Å²) in [6.07, 6.45) is 9.42. The SMILES string of the molecule is Nc1ncnn2c(-c3cccc(N4CCSCC4)c3)cc(-c3cnnn3C3CCCCC3)c12. The van der Waals surface area contributed by atoms with Gasteiger partial charge in [0.2, 0.25) is 0 Å². The van der Waals surface area contributed by atoms with Gasteiger partial charge in [-0.2, -0.15) is 16.9 Å². The van der Waals surface area contributed by atoms with Gasteiger partial charge in [0.05, 0.1) is 23.6 Å². The highest BCUT2D eigenvalue weighted by Gasteiger charge is 2.24. The van der Waals surface area contributed by atoms with E-state index in [0.29, 0.717) is 11.9 Å². The van der Waals surface area contributed by atoms with Crippen LogP contribution >= 0.6 is 11.8 Å². The molecule has 8 nitrogen and oxygen atoms in total. The van der Waals surface area contributed by atoms with Crippen molar-refractivity contribution in [2.24, 2.45) is 0 Å². The molecule has 9 heteroatoms. The third-order valence-corrected chi connectivity index (χ3v) is 7.81. The molecule has 170 valence electrons. The Morgan fingerprint density at radius 1 is 1.00 bits per heavy atom. The lowest BCUT2D eigenvalue weighted by atomic mass is 9.95. The number of anilines is 2. The lowest BCUT2D eigenvalue weighted by molar-refractivity contribution is 0.327. The standard InChI is InChI=1S/C24H28N8S/c25-24-23-20(22-15-27-29-31(22)18-6-2-1-3-7-18)14-21(32(23)28-16-26-24)17-5-4-8-19(13-17)30-9-11-33-12-10-30/h4-5,8,13-16,18H,1-3,6-7,9-12H2,(H2,25,26,28). The molecule has 0 amide bonds. The van der Waals surface area contributed by atoms with E-state index in [4.69, 9.17) is 5.73 Å². The lowest BCUT2D eigenvalue weighted by Crippen LogP contribution is -2.32. The Labute approximate surface area is 197 Å². The number of hydrogen-bond donors (Lipinski definition) is 1. The molecule has 4 heterocycles. The second-order valence-corrected chi connectivity index (χ2v) is 10.1. The number of nitrogen functional groups attached to an aromatic ring is 1. The molecule has 33 heavy (non-hydrogen) atoms. The molecular weight excluding hydrogens is 432 g/mol. The Kier molecular flexibility index (Phi) is 5.41. The number of nitrogens with zero attached hydrogens (tertiary/aromatic N) is 7. The van der Waals surface area contributed by atoms with Crippen LogP contribution in [0.3, 0.4) is 0 Å². The molecule has 1 aromatic carbocycles. The van der Waals surface area contributed by atoms with Crippen LogP contribution in [0.4, 0.5) is 11.5 Å². The van der Waals surface area contributed by atoms with Gasteiger partial charge in [0.1, 0.15) is 11.8 Å². The summed E-state index contributed by atoms with van der Waals surface area (Å²) < 4.78 is 4.01.